The Kier molecular flexibility index (Phi) is 8.61. The molecule has 0 aromatic heterocycles. The fraction of sp³-hybridized carbons (Fsp3) is 0.0536. The van der Waals surface area contributed by atoms with Gasteiger partial charge in [0.05, 0.1) is 5.41 Å². The van der Waals surface area contributed by atoms with Crippen LogP contribution in [0.4, 0.5) is 0 Å². The van der Waals surface area contributed by atoms with Crippen molar-refractivity contribution in [2.24, 2.45) is 4.99 Å². The third-order valence-electron chi connectivity index (χ3n) is 12.3. The van der Waals surface area contributed by atoms with Crippen LogP contribution >= 0.6 is 0 Å². The van der Waals surface area contributed by atoms with E-state index in [4.69, 9.17) is 4.99 Å². The number of nitrogens with zero attached hydrogens (tertiary/aromatic N) is 1. The van der Waals surface area contributed by atoms with Crippen molar-refractivity contribution < 1.29 is 0 Å². The van der Waals surface area contributed by atoms with Crippen molar-refractivity contribution in [1.82, 2.24) is 10.6 Å². The maximum atomic E-state index is 5.35. The van der Waals surface area contributed by atoms with Crippen LogP contribution in [0.5, 0.6) is 0 Å². The molecule has 11 rings (SSSR count). The highest BCUT2D eigenvalue weighted by atomic mass is 15.3. The third kappa shape index (κ3) is 5.81. The topological polar surface area (TPSA) is 36.4 Å². The highest BCUT2D eigenvalue weighted by Crippen LogP contribution is 2.58. The molecule has 0 amide bonds. The molecule has 59 heavy (non-hydrogen) atoms. The van der Waals surface area contributed by atoms with Gasteiger partial charge < -0.3 is 5.32 Å². The Balaban J connectivity index is 1.12. The Morgan fingerprint density at radius 3 is 1.69 bits per heavy atom. The summed E-state index contributed by atoms with van der Waals surface area (Å²) >= 11 is 0. The largest absolute Gasteiger partial charge is 0.350 e. The van der Waals surface area contributed by atoms with E-state index < -0.39 is 5.41 Å². The minimum atomic E-state index is -0.493. The molecule has 3 nitrogen and oxygen atoms in total. The molecule has 1 aliphatic carbocycles. The number of fused-ring (bicyclic) bond motifs is 4. The standard InChI is InChI=1S/C56H41N3/c1-5-18-38(19-6-1)39-32-34-42(35-33-39)54-57-53(41-21-7-2-8-22-41)58-55(59-54)52-45-27-14-13-20-40(45)36-37-47(52)46-29-17-31-50-51(46)48-28-15-16-30-49(48)56(50,43-23-9-3-10-24-43)44-25-11-4-12-26-44/h1-37,53,55,58H,(H,57,59). The van der Waals surface area contributed by atoms with Crippen LogP contribution in [0.1, 0.15) is 51.3 Å². The van der Waals surface area contributed by atoms with Gasteiger partial charge in [-0.25, -0.2) is 4.99 Å². The second kappa shape index (κ2) is 14.6. The van der Waals surface area contributed by atoms with Gasteiger partial charge in [0.1, 0.15) is 18.2 Å². The molecule has 0 spiro atoms. The van der Waals surface area contributed by atoms with E-state index in [0.29, 0.717) is 0 Å². The van der Waals surface area contributed by atoms with Crippen LogP contribution in [-0.4, -0.2) is 5.84 Å². The van der Waals surface area contributed by atoms with Gasteiger partial charge in [-0.1, -0.05) is 224 Å². The fourth-order valence-electron chi connectivity index (χ4n) is 9.67. The van der Waals surface area contributed by atoms with Crippen LogP contribution in [0, 0.1) is 0 Å². The Hall–Kier alpha value is -7.33. The van der Waals surface area contributed by atoms with Crippen LogP contribution < -0.4 is 10.6 Å². The molecule has 0 saturated heterocycles. The molecule has 2 aliphatic rings. The van der Waals surface area contributed by atoms with Crippen LogP contribution in [0.15, 0.2) is 229 Å². The quantitative estimate of drug-likeness (QED) is 0.170. The van der Waals surface area contributed by atoms with Crippen LogP contribution in [0.3, 0.4) is 0 Å². The molecule has 1 aliphatic heterocycles. The SMILES string of the molecule is c1ccc(-c2ccc(C3=NC(c4ccccc4)NC(c4c(-c5cccc6c5-c5ccccc5C6(c5ccccc5)c5ccccc5)ccc5ccccc45)N3)cc2)cc1. The van der Waals surface area contributed by atoms with Gasteiger partial charge in [-0.3, -0.25) is 5.32 Å². The number of benzene rings is 9. The molecule has 3 heteroatoms. The predicted molar refractivity (Wildman–Crippen MR) is 243 cm³/mol. The first kappa shape index (κ1) is 34.9. The summed E-state index contributed by atoms with van der Waals surface area (Å²) in [6, 6.07) is 81.3. The van der Waals surface area contributed by atoms with Crippen LogP contribution in [0.2, 0.25) is 0 Å². The first-order chi connectivity index (χ1) is 29.3. The van der Waals surface area contributed by atoms with E-state index in [2.05, 4.69) is 235 Å². The molecule has 280 valence electrons. The van der Waals surface area contributed by atoms with Crippen molar-refractivity contribution in [2.75, 3.05) is 0 Å². The number of nitrogens with one attached hydrogen (secondary N) is 2. The van der Waals surface area contributed by atoms with E-state index >= 15 is 0 Å². The lowest BCUT2D eigenvalue weighted by Crippen LogP contribution is -2.45. The van der Waals surface area contributed by atoms with E-state index in [9.17, 15) is 0 Å². The van der Waals surface area contributed by atoms with Gasteiger partial charge in [-0.2, -0.15) is 0 Å². The Morgan fingerprint density at radius 2 is 0.966 bits per heavy atom. The van der Waals surface area contributed by atoms with Crippen molar-refractivity contribution >= 4 is 16.6 Å². The summed E-state index contributed by atoms with van der Waals surface area (Å²) in [6.45, 7) is 0. The van der Waals surface area contributed by atoms with Crippen molar-refractivity contribution in [3.63, 3.8) is 0 Å². The van der Waals surface area contributed by atoms with Crippen LogP contribution in [0.25, 0.3) is 44.2 Å². The lowest BCUT2D eigenvalue weighted by atomic mass is 9.67. The maximum Gasteiger partial charge on any atom is 0.131 e. The molecule has 0 fully saturated rings. The van der Waals surface area contributed by atoms with Gasteiger partial charge in [0.25, 0.3) is 0 Å². The zero-order valence-electron chi connectivity index (χ0n) is 32.5. The monoisotopic (exact) mass is 755 g/mol. The summed E-state index contributed by atoms with van der Waals surface area (Å²) in [6.07, 6.45) is -0.549. The first-order valence-corrected chi connectivity index (χ1v) is 20.4. The van der Waals surface area contributed by atoms with Gasteiger partial charge in [0.15, 0.2) is 0 Å². The van der Waals surface area contributed by atoms with Gasteiger partial charge in [-0.15, -0.1) is 0 Å². The number of aliphatic imine (C=N–C) groups is 1. The van der Waals surface area contributed by atoms with Crippen molar-refractivity contribution in [3.05, 3.63) is 263 Å². The summed E-state index contributed by atoms with van der Waals surface area (Å²) < 4.78 is 0. The van der Waals surface area contributed by atoms with Crippen molar-refractivity contribution in [2.45, 2.75) is 17.7 Å². The molecule has 9 aromatic rings. The van der Waals surface area contributed by atoms with E-state index in [1.165, 1.54) is 72.0 Å². The average Bonchev–Trinajstić information content (AvgIpc) is 3.63. The van der Waals surface area contributed by atoms with E-state index in [1.807, 2.05) is 0 Å². The van der Waals surface area contributed by atoms with Gasteiger partial charge in [-0.05, 0) is 72.0 Å². The number of hydrogen-bond donors (Lipinski definition) is 2. The second-order valence-corrected chi connectivity index (χ2v) is 15.5. The predicted octanol–water partition coefficient (Wildman–Crippen LogP) is 12.9. The van der Waals surface area contributed by atoms with Crippen molar-refractivity contribution in [1.29, 1.82) is 0 Å². The van der Waals surface area contributed by atoms with E-state index in [-0.39, 0.29) is 12.3 Å². The minimum absolute atomic E-state index is 0.274. The smallest absolute Gasteiger partial charge is 0.131 e. The summed E-state index contributed by atoms with van der Waals surface area (Å²) in [5.41, 5.74) is 15.3. The van der Waals surface area contributed by atoms with E-state index in [0.717, 1.165) is 17.0 Å². The zero-order valence-corrected chi connectivity index (χ0v) is 32.5. The molecule has 0 bridgehead atoms. The number of hydrogen-bond acceptors (Lipinski definition) is 3. The molecule has 2 atom stereocenters. The van der Waals surface area contributed by atoms with E-state index in [1.54, 1.807) is 0 Å². The van der Waals surface area contributed by atoms with Crippen LogP contribution in [-0.2, 0) is 5.41 Å². The molecular weight excluding hydrogens is 715 g/mol. The highest BCUT2D eigenvalue weighted by molar-refractivity contribution is 6.03. The van der Waals surface area contributed by atoms with Gasteiger partial charge in [0.2, 0.25) is 0 Å². The number of amidine groups is 1. The highest BCUT2D eigenvalue weighted by Gasteiger charge is 2.47. The summed E-state index contributed by atoms with van der Waals surface area (Å²) in [5.74, 6) is 0.858. The normalized spacial score (nSPS) is 16.4. The molecule has 9 aromatic carbocycles. The number of rotatable bonds is 7. The average molecular weight is 756 g/mol. The van der Waals surface area contributed by atoms with Gasteiger partial charge >= 0.3 is 0 Å². The summed E-state index contributed by atoms with van der Waals surface area (Å²) in [7, 11) is 0. The molecular formula is C56H41N3. The Labute approximate surface area is 345 Å². The van der Waals surface area contributed by atoms with Gasteiger partial charge in [0, 0.05) is 11.1 Å². The molecule has 0 radical (unpaired) electrons. The molecule has 2 N–H and O–H groups in total. The second-order valence-electron chi connectivity index (χ2n) is 15.5. The lowest BCUT2D eigenvalue weighted by molar-refractivity contribution is 0.411. The molecule has 2 unspecified atom stereocenters. The van der Waals surface area contributed by atoms with Crippen molar-refractivity contribution in [3.8, 4) is 33.4 Å². The molecule has 0 saturated carbocycles. The minimum Gasteiger partial charge on any atom is -0.350 e. The lowest BCUT2D eigenvalue weighted by Gasteiger charge is -2.35. The third-order valence-corrected chi connectivity index (χ3v) is 12.3. The fourth-order valence-corrected chi connectivity index (χ4v) is 9.67. The Morgan fingerprint density at radius 1 is 0.407 bits per heavy atom. The summed E-state index contributed by atoms with van der Waals surface area (Å²) in [4.78, 5) is 5.35. The maximum absolute atomic E-state index is 5.35. The molecule has 1 heterocycles. The summed E-state index contributed by atoms with van der Waals surface area (Å²) in [5, 5.41) is 10.3. The first-order valence-electron chi connectivity index (χ1n) is 20.4. The zero-order chi connectivity index (χ0) is 39.2. The Bertz CT molecular complexity index is 2940.